The summed E-state index contributed by atoms with van der Waals surface area (Å²) in [6.07, 6.45) is 0. The number of aryl methyl sites for hydroxylation is 5. The number of oxazole rings is 1. The van der Waals surface area contributed by atoms with Crippen LogP contribution in [-0.4, -0.2) is 9.55 Å². The Morgan fingerprint density at radius 2 is 1.62 bits per heavy atom. The Labute approximate surface area is 170 Å². The molecule has 2 aromatic heterocycles. The van der Waals surface area contributed by atoms with Gasteiger partial charge in [0.25, 0.3) is 5.82 Å². The van der Waals surface area contributed by atoms with Crippen LogP contribution in [0.25, 0.3) is 45.0 Å². The molecule has 0 radical (unpaired) electrons. The fraction of sp³-hybridized carbons (Fsp3) is 0.200. The second kappa shape index (κ2) is 6.31. The van der Waals surface area contributed by atoms with E-state index in [1.807, 2.05) is 0 Å². The molecule has 29 heavy (non-hydrogen) atoms. The molecule has 0 fully saturated rings. The number of fused-ring (bicyclic) bond motifs is 2. The number of aromatic nitrogens is 3. The Hall–Kier alpha value is -3.40. The average Bonchev–Trinajstić information content (AvgIpc) is 3.20. The molecule has 0 amide bonds. The Morgan fingerprint density at radius 3 is 2.34 bits per heavy atom. The molecule has 144 valence electrons. The first-order chi connectivity index (χ1) is 14.0. The summed E-state index contributed by atoms with van der Waals surface area (Å²) >= 11 is 0. The van der Waals surface area contributed by atoms with Gasteiger partial charge in [-0.2, -0.15) is 0 Å². The highest BCUT2D eigenvalue weighted by Gasteiger charge is 2.24. The molecular weight excluding hydrogens is 358 g/mol. The first-order valence-electron chi connectivity index (χ1n) is 9.87. The summed E-state index contributed by atoms with van der Waals surface area (Å²) in [5.41, 5.74) is 9.89. The van der Waals surface area contributed by atoms with Gasteiger partial charge in [-0.15, -0.1) is 0 Å². The molecule has 0 aliphatic rings. The smallest absolute Gasteiger partial charge is 0.289 e. The van der Waals surface area contributed by atoms with Gasteiger partial charge in [0.2, 0.25) is 5.89 Å². The largest absolute Gasteiger partial charge is 0.436 e. The molecule has 0 N–H and O–H groups in total. The minimum Gasteiger partial charge on any atom is -0.436 e. The van der Waals surface area contributed by atoms with E-state index in [0.717, 1.165) is 28.1 Å². The van der Waals surface area contributed by atoms with Gasteiger partial charge < -0.3 is 4.42 Å². The summed E-state index contributed by atoms with van der Waals surface area (Å²) in [6, 6.07) is 19.0. The van der Waals surface area contributed by atoms with Crippen molar-refractivity contribution < 1.29 is 8.98 Å². The molecule has 0 saturated carbocycles. The van der Waals surface area contributed by atoms with Crippen molar-refractivity contribution in [2.45, 2.75) is 20.8 Å². The summed E-state index contributed by atoms with van der Waals surface area (Å²) in [5, 5.41) is 0. The number of nitrogens with zero attached hydrogens (tertiary/aromatic N) is 3. The number of imidazole rings is 1. The Bertz CT molecular complexity index is 1350. The maximum Gasteiger partial charge on any atom is 0.289 e. The molecule has 2 heterocycles. The monoisotopic (exact) mass is 382 g/mol. The number of hydrogen-bond acceptors (Lipinski definition) is 2. The molecule has 0 spiro atoms. The van der Waals surface area contributed by atoms with Crippen LogP contribution in [0.3, 0.4) is 0 Å². The van der Waals surface area contributed by atoms with Crippen molar-refractivity contribution in [3.63, 3.8) is 0 Å². The van der Waals surface area contributed by atoms with Crippen LogP contribution in [0.1, 0.15) is 16.7 Å². The summed E-state index contributed by atoms with van der Waals surface area (Å²) < 4.78 is 10.7. The van der Waals surface area contributed by atoms with Gasteiger partial charge in [-0.25, -0.2) is 14.1 Å². The number of hydrogen-bond donors (Lipinski definition) is 0. The van der Waals surface area contributed by atoms with Gasteiger partial charge in [-0.3, -0.25) is 0 Å². The SMILES string of the molecule is Cc1cc2nc(-c3c(C)cccc3C)oc2cc1-c1n(C)c2ccccc2[n+]1C. The van der Waals surface area contributed by atoms with Gasteiger partial charge in [-0.1, -0.05) is 30.3 Å². The van der Waals surface area contributed by atoms with E-state index in [1.165, 1.54) is 27.7 Å². The molecule has 5 rings (SSSR count). The highest BCUT2D eigenvalue weighted by Crippen LogP contribution is 2.33. The third-order valence-electron chi connectivity index (χ3n) is 5.91. The molecule has 4 nitrogen and oxygen atoms in total. The molecule has 0 atom stereocenters. The Kier molecular flexibility index (Phi) is 3.85. The molecule has 0 bridgehead atoms. The maximum absolute atomic E-state index is 6.26. The highest BCUT2D eigenvalue weighted by molar-refractivity contribution is 5.85. The third-order valence-corrected chi connectivity index (χ3v) is 5.91. The van der Waals surface area contributed by atoms with Crippen molar-refractivity contribution in [3.05, 3.63) is 71.3 Å². The van der Waals surface area contributed by atoms with Crippen LogP contribution in [0.5, 0.6) is 0 Å². The predicted molar refractivity (Wildman–Crippen MR) is 117 cm³/mol. The highest BCUT2D eigenvalue weighted by atomic mass is 16.3. The summed E-state index contributed by atoms with van der Waals surface area (Å²) in [7, 11) is 4.23. The van der Waals surface area contributed by atoms with E-state index in [4.69, 9.17) is 9.40 Å². The van der Waals surface area contributed by atoms with E-state index in [2.05, 4.69) is 98.6 Å². The fourth-order valence-electron chi connectivity index (χ4n) is 4.42. The van der Waals surface area contributed by atoms with Gasteiger partial charge in [0.05, 0.1) is 19.7 Å². The maximum atomic E-state index is 6.26. The van der Waals surface area contributed by atoms with Crippen molar-refractivity contribution in [3.8, 4) is 22.8 Å². The van der Waals surface area contributed by atoms with Crippen LogP contribution in [0, 0.1) is 20.8 Å². The average molecular weight is 382 g/mol. The zero-order chi connectivity index (χ0) is 20.3. The quantitative estimate of drug-likeness (QED) is 0.383. The van der Waals surface area contributed by atoms with Crippen LogP contribution >= 0.6 is 0 Å². The van der Waals surface area contributed by atoms with E-state index >= 15 is 0 Å². The van der Waals surface area contributed by atoms with E-state index < -0.39 is 0 Å². The molecule has 5 aromatic rings. The van der Waals surface area contributed by atoms with Crippen LogP contribution in [0.4, 0.5) is 0 Å². The topological polar surface area (TPSA) is 34.8 Å². The van der Waals surface area contributed by atoms with E-state index in [9.17, 15) is 0 Å². The van der Waals surface area contributed by atoms with E-state index in [-0.39, 0.29) is 0 Å². The first kappa shape index (κ1) is 17.7. The van der Waals surface area contributed by atoms with Crippen LogP contribution in [0.2, 0.25) is 0 Å². The number of rotatable bonds is 2. The van der Waals surface area contributed by atoms with Crippen LogP contribution in [-0.2, 0) is 14.1 Å². The molecule has 3 aromatic carbocycles. The lowest BCUT2D eigenvalue weighted by Crippen LogP contribution is -2.30. The summed E-state index contributed by atoms with van der Waals surface area (Å²) in [5.74, 6) is 1.84. The summed E-state index contributed by atoms with van der Waals surface area (Å²) in [4.78, 5) is 4.81. The Morgan fingerprint density at radius 1 is 0.897 bits per heavy atom. The predicted octanol–water partition coefficient (Wildman–Crippen LogP) is 5.40. The molecule has 0 aliphatic heterocycles. The van der Waals surface area contributed by atoms with Crippen molar-refractivity contribution in [1.29, 1.82) is 0 Å². The normalized spacial score (nSPS) is 11.6. The van der Waals surface area contributed by atoms with Gasteiger partial charge in [0.1, 0.15) is 5.52 Å². The molecule has 4 heteroatoms. The molecule has 0 unspecified atom stereocenters. The van der Waals surface area contributed by atoms with Gasteiger partial charge in [-0.05, 0) is 61.7 Å². The van der Waals surface area contributed by atoms with Crippen LogP contribution < -0.4 is 4.57 Å². The summed E-state index contributed by atoms with van der Waals surface area (Å²) in [6.45, 7) is 6.34. The van der Waals surface area contributed by atoms with Crippen molar-refractivity contribution >= 4 is 22.1 Å². The molecule has 0 aliphatic carbocycles. The lowest BCUT2D eigenvalue weighted by Gasteiger charge is -2.04. The van der Waals surface area contributed by atoms with E-state index in [1.54, 1.807) is 0 Å². The van der Waals surface area contributed by atoms with Gasteiger partial charge in [0.15, 0.2) is 16.6 Å². The molecule has 0 saturated heterocycles. The second-order valence-corrected chi connectivity index (χ2v) is 7.85. The number of para-hydroxylation sites is 2. The van der Waals surface area contributed by atoms with Gasteiger partial charge >= 0.3 is 0 Å². The second-order valence-electron chi connectivity index (χ2n) is 7.85. The standard InChI is InChI=1S/C25H24N3O/c1-15-9-8-10-16(2)23(15)24-26-19-13-17(3)18(14-22(19)29-24)25-27(4)20-11-6-7-12-21(20)28(25)5/h6-14H,1-5H3/q+1. The van der Waals surface area contributed by atoms with E-state index in [0.29, 0.717) is 5.89 Å². The minimum atomic E-state index is 0.688. The lowest BCUT2D eigenvalue weighted by atomic mass is 10.0. The Balaban J connectivity index is 1.75. The van der Waals surface area contributed by atoms with Crippen LogP contribution in [0.15, 0.2) is 59.0 Å². The third kappa shape index (κ3) is 2.59. The fourth-order valence-corrected chi connectivity index (χ4v) is 4.42. The van der Waals surface area contributed by atoms with Gasteiger partial charge in [0, 0.05) is 5.56 Å². The zero-order valence-corrected chi connectivity index (χ0v) is 17.4. The van der Waals surface area contributed by atoms with Crippen molar-refractivity contribution in [2.24, 2.45) is 14.1 Å². The minimum absolute atomic E-state index is 0.688. The number of benzene rings is 3. The molecular formula is C25H24N3O+. The first-order valence-corrected chi connectivity index (χ1v) is 9.87. The van der Waals surface area contributed by atoms with Crippen molar-refractivity contribution in [2.75, 3.05) is 0 Å². The lowest BCUT2D eigenvalue weighted by molar-refractivity contribution is -0.634. The van der Waals surface area contributed by atoms with Crippen molar-refractivity contribution in [1.82, 2.24) is 9.55 Å². The zero-order valence-electron chi connectivity index (χ0n) is 17.4.